The summed E-state index contributed by atoms with van der Waals surface area (Å²) in [6.45, 7) is 0. The number of rotatable bonds is 9. The zero-order chi connectivity index (χ0) is 20.0. The van der Waals surface area contributed by atoms with E-state index in [9.17, 15) is 21.8 Å². The Balaban J connectivity index is 0.00000392. The summed E-state index contributed by atoms with van der Waals surface area (Å²) in [5, 5.41) is 0. The summed E-state index contributed by atoms with van der Waals surface area (Å²) in [7, 11) is -8.15. The van der Waals surface area contributed by atoms with Crippen LogP contribution in [-0.4, -0.2) is 74.7 Å². The quantitative estimate of drug-likeness (QED) is 0.335. The second-order valence-corrected chi connectivity index (χ2v) is 7.90. The molecule has 2 unspecified atom stereocenters. The standard InChI is InChI=1S/C16H17F2O7PS.K.H/c17-12-8-13(18)10-15(9-12)24-14-5-1-3-11(7-14)4-2-6-16(25-26(19)20)27(21,22)23;;/h1,3,5,7-10,16,26H,2,4,6H2,(H,19,20)(H,21,22,23);;. The van der Waals surface area contributed by atoms with Crippen LogP contribution in [-0.2, 0) is 25.6 Å². The van der Waals surface area contributed by atoms with Gasteiger partial charge in [0.1, 0.15) is 23.1 Å². The van der Waals surface area contributed by atoms with Gasteiger partial charge in [-0.1, -0.05) is 12.1 Å². The first-order valence-electron chi connectivity index (χ1n) is 7.72. The molecule has 2 aromatic carbocycles. The van der Waals surface area contributed by atoms with Gasteiger partial charge in [-0.3, -0.25) is 13.6 Å². The number of aryl methyl sites for hydroxylation is 1. The minimum atomic E-state index is -4.62. The first-order valence-corrected chi connectivity index (χ1v) is 10.5. The third kappa shape index (κ3) is 9.08. The van der Waals surface area contributed by atoms with Crippen molar-refractivity contribution in [2.24, 2.45) is 0 Å². The van der Waals surface area contributed by atoms with Gasteiger partial charge in [0.25, 0.3) is 10.1 Å². The molecule has 2 rings (SSSR count). The Morgan fingerprint density at radius 1 is 1.07 bits per heavy atom. The third-order valence-electron chi connectivity index (χ3n) is 3.44. The molecule has 0 aliphatic carbocycles. The Hall–Kier alpha value is -0.204. The van der Waals surface area contributed by atoms with E-state index >= 15 is 0 Å². The van der Waals surface area contributed by atoms with Gasteiger partial charge in [-0.15, -0.1) is 0 Å². The average molecular weight is 462 g/mol. The van der Waals surface area contributed by atoms with E-state index in [0.717, 1.165) is 23.8 Å². The predicted molar refractivity (Wildman–Crippen MR) is 101 cm³/mol. The molecule has 2 N–H and O–H groups in total. The van der Waals surface area contributed by atoms with E-state index in [-0.39, 0.29) is 70.0 Å². The molecule has 0 aliphatic heterocycles. The summed E-state index contributed by atoms with van der Waals surface area (Å²) in [6, 6.07) is 9.32. The van der Waals surface area contributed by atoms with Gasteiger partial charge < -0.3 is 9.63 Å². The second kappa shape index (κ2) is 11.8. The Morgan fingerprint density at radius 2 is 1.71 bits per heavy atom. The molecule has 2 atom stereocenters. The first kappa shape index (κ1) is 25.8. The van der Waals surface area contributed by atoms with Crippen LogP contribution in [0.15, 0.2) is 42.5 Å². The van der Waals surface area contributed by atoms with E-state index in [2.05, 4.69) is 4.52 Å². The van der Waals surface area contributed by atoms with E-state index in [4.69, 9.17) is 14.2 Å². The fourth-order valence-corrected chi connectivity index (χ4v) is 3.88. The molecule has 0 radical (unpaired) electrons. The molecule has 0 saturated carbocycles. The number of halogens is 2. The van der Waals surface area contributed by atoms with Crippen molar-refractivity contribution in [3.8, 4) is 11.5 Å². The van der Waals surface area contributed by atoms with E-state index in [1.165, 1.54) is 0 Å². The predicted octanol–water partition coefficient (Wildman–Crippen LogP) is 3.04. The molecular formula is C16H18F2KO7PS. The van der Waals surface area contributed by atoms with Crippen molar-refractivity contribution < 1.29 is 40.5 Å². The molecule has 0 saturated heterocycles. The molecule has 0 aromatic heterocycles. The summed E-state index contributed by atoms with van der Waals surface area (Å²) in [5.41, 5.74) is -1.07. The molecule has 0 fully saturated rings. The third-order valence-corrected chi connectivity index (χ3v) is 5.09. The fraction of sp³-hybridized carbons (Fsp3) is 0.250. The summed E-state index contributed by atoms with van der Waals surface area (Å²) in [5.74, 6) is -1.25. The second-order valence-electron chi connectivity index (χ2n) is 5.58. The summed E-state index contributed by atoms with van der Waals surface area (Å²) < 4.78 is 78.1. The van der Waals surface area contributed by atoms with Crippen molar-refractivity contribution >= 4 is 69.8 Å². The van der Waals surface area contributed by atoms with Crippen molar-refractivity contribution in [2.75, 3.05) is 0 Å². The summed E-state index contributed by atoms with van der Waals surface area (Å²) >= 11 is 0. The number of hydrogen-bond donors (Lipinski definition) is 2. The van der Waals surface area contributed by atoms with Gasteiger partial charge in [-0.25, -0.2) is 8.78 Å². The van der Waals surface area contributed by atoms with Crippen LogP contribution in [0, 0.1) is 11.6 Å². The van der Waals surface area contributed by atoms with Gasteiger partial charge in [0.2, 0.25) is 0 Å². The van der Waals surface area contributed by atoms with Crippen LogP contribution in [0.4, 0.5) is 8.78 Å². The maximum atomic E-state index is 13.2. The van der Waals surface area contributed by atoms with Crippen LogP contribution in [0.2, 0.25) is 0 Å². The molecule has 0 heterocycles. The Labute approximate surface area is 204 Å². The van der Waals surface area contributed by atoms with Gasteiger partial charge in [0.05, 0.1) is 0 Å². The molecule has 7 nitrogen and oxygen atoms in total. The van der Waals surface area contributed by atoms with Crippen molar-refractivity contribution in [1.82, 2.24) is 0 Å². The van der Waals surface area contributed by atoms with Crippen LogP contribution in [0.25, 0.3) is 0 Å². The van der Waals surface area contributed by atoms with E-state index in [1.54, 1.807) is 24.3 Å². The number of benzene rings is 2. The maximum absolute atomic E-state index is 13.2. The topological polar surface area (TPSA) is 110 Å². The van der Waals surface area contributed by atoms with Gasteiger partial charge in [-0.05, 0) is 37.0 Å². The van der Waals surface area contributed by atoms with Crippen LogP contribution in [0.1, 0.15) is 18.4 Å². The Bertz CT molecular complexity index is 907. The minimum absolute atomic E-state index is 0. The van der Waals surface area contributed by atoms with Crippen molar-refractivity contribution in [3.63, 3.8) is 0 Å². The zero-order valence-corrected chi connectivity index (χ0v) is 15.7. The van der Waals surface area contributed by atoms with E-state index < -0.39 is 35.4 Å². The van der Waals surface area contributed by atoms with E-state index in [1.807, 2.05) is 0 Å². The Morgan fingerprint density at radius 3 is 2.29 bits per heavy atom. The van der Waals surface area contributed by atoms with Gasteiger partial charge >= 0.3 is 59.6 Å². The van der Waals surface area contributed by atoms with Crippen LogP contribution >= 0.6 is 8.25 Å². The van der Waals surface area contributed by atoms with Crippen LogP contribution < -0.4 is 4.74 Å². The molecule has 28 heavy (non-hydrogen) atoms. The van der Waals surface area contributed by atoms with Gasteiger partial charge in [0.15, 0.2) is 5.44 Å². The summed E-state index contributed by atoms with van der Waals surface area (Å²) in [4.78, 5) is 8.70. The average Bonchev–Trinajstić information content (AvgIpc) is 2.52. The van der Waals surface area contributed by atoms with Gasteiger partial charge in [-0.2, -0.15) is 8.42 Å². The molecule has 0 spiro atoms. The normalized spacial score (nSPS) is 13.4. The van der Waals surface area contributed by atoms with Crippen LogP contribution in [0.5, 0.6) is 11.5 Å². The Kier molecular flexibility index (Phi) is 10.9. The number of ether oxygens (including phenoxy) is 1. The SMILES string of the molecule is O=[PH](O)OC(CCCc1cccc(Oc2cc(F)cc(F)c2)c1)S(=O)(=O)O.[KH]. The zero-order valence-electron chi connectivity index (χ0n) is 13.8. The van der Waals surface area contributed by atoms with Crippen LogP contribution in [0.3, 0.4) is 0 Å². The molecule has 150 valence electrons. The van der Waals surface area contributed by atoms with Crippen molar-refractivity contribution in [2.45, 2.75) is 24.7 Å². The molecular weight excluding hydrogens is 444 g/mol. The van der Waals surface area contributed by atoms with Crippen molar-refractivity contribution in [3.05, 3.63) is 59.7 Å². The monoisotopic (exact) mass is 462 g/mol. The molecule has 0 aliphatic rings. The fourth-order valence-electron chi connectivity index (χ4n) is 2.34. The molecule has 2 aromatic rings. The number of hydrogen-bond acceptors (Lipinski definition) is 5. The summed E-state index contributed by atoms with van der Waals surface area (Å²) in [6.07, 6.45) is 0.365. The molecule has 0 amide bonds. The molecule has 0 bridgehead atoms. The molecule has 12 heteroatoms. The van der Waals surface area contributed by atoms with E-state index in [0.29, 0.717) is 12.2 Å². The van der Waals surface area contributed by atoms with Crippen molar-refractivity contribution in [1.29, 1.82) is 0 Å². The van der Waals surface area contributed by atoms with Gasteiger partial charge in [0, 0.05) is 18.2 Å². The first-order chi connectivity index (χ1) is 12.6.